The number of carbonyl (C=O) groups excluding carboxylic acids is 3. The summed E-state index contributed by atoms with van der Waals surface area (Å²) in [7, 11) is 0. The predicted molar refractivity (Wildman–Crippen MR) is 293 cm³/mol. The fraction of sp³-hybridized carbons (Fsp3) is 0.758. The summed E-state index contributed by atoms with van der Waals surface area (Å²) in [6.07, 6.45) is 71.9. The summed E-state index contributed by atoms with van der Waals surface area (Å²) < 4.78 is 16.8. The third-order valence-corrected chi connectivity index (χ3v) is 12.5. The largest absolute Gasteiger partial charge is 0.462 e. The van der Waals surface area contributed by atoms with Crippen LogP contribution in [-0.4, -0.2) is 37.2 Å². The average Bonchev–Trinajstić information content (AvgIpc) is 3.34. The fourth-order valence-corrected chi connectivity index (χ4v) is 8.18. The molecule has 0 aromatic rings. The second-order valence-corrected chi connectivity index (χ2v) is 19.2. The summed E-state index contributed by atoms with van der Waals surface area (Å²) in [6, 6.07) is 0. The molecule has 0 amide bonds. The van der Waals surface area contributed by atoms with Crippen LogP contribution >= 0.6 is 0 Å². The highest BCUT2D eigenvalue weighted by Gasteiger charge is 2.19. The standard InChI is InChI=1S/C62H108O6/c1-4-7-10-13-16-19-22-25-27-29-31-33-34-37-40-43-46-49-52-55-61(64)67-58-59(57-66-60(63)54-51-48-45-42-39-36-24-21-18-15-12-9-6-3)68-62(65)56-53-50-47-44-41-38-35-32-30-28-26-23-20-17-14-11-8-5-2/h7,10,16,19,25,27,31,33,37,40,46,49,59H,4-6,8-9,11-15,17-18,20-24,26,28-30,32,34-36,38-39,41-45,47-48,50-58H2,1-3H3/b10-7+,19-16+,27-25+,33-31+,40-37+,49-46+/t59-/m1/s1. The lowest BCUT2D eigenvalue weighted by molar-refractivity contribution is -0.166. The number of esters is 3. The summed E-state index contributed by atoms with van der Waals surface area (Å²) >= 11 is 0. The first-order chi connectivity index (χ1) is 33.5. The number of carbonyl (C=O) groups is 3. The van der Waals surface area contributed by atoms with Crippen molar-refractivity contribution in [1.29, 1.82) is 0 Å². The Bertz CT molecular complexity index is 1270. The maximum atomic E-state index is 12.9. The molecule has 0 heterocycles. The molecule has 0 aliphatic heterocycles. The van der Waals surface area contributed by atoms with Crippen LogP contribution in [0.4, 0.5) is 0 Å². The van der Waals surface area contributed by atoms with Crippen LogP contribution in [0.2, 0.25) is 0 Å². The van der Waals surface area contributed by atoms with E-state index in [0.29, 0.717) is 19.3 Å². The van der Waals surface area contributed by atoms with E-state index in [9.17, 15) is 14.4 Å². The fourth-order valence-electron chi connectivity index (χ4n) is 8.18. The zero-order chi connectivity index (χ0) is 49.3. The molecule has 1 atom stereocenters. The van der Waals surface area contributed by atoms with Gasteiger partial charge in [-0.05, 0) is 57.8 Å². The minimum absolute atomic E-state index is 0.0947. The van der Waals surface area contributed by atoms with Crippen LogP contribution in [0.15, 0.2) is 72.9 Å². The van der Waals surface area contributed by atoms with Gasteiger partial charge in [0, 0.05) is 19.3 Å². The summed E-state index contributed by atoms with van der Waals surface area (Å²) in [5, 5.41) is 0. The second kappa shape index (κ2) is 56.4. The van der Waals surface area contributed by atoms with Crippen LogP contribution in [0.5, 0.6) is 0 Å². The van der Waals surface area contributed by atoms with Gasteiger partial charge in [-0.15, -0.1) is 0 Å². The normalized spacial score (nSPS) is 12.6. The Kier molecular flexibility index (Phi) is 53.8. The Hall–Kier alpha value is -3.15. The highest BCUT2D eigenvalue weighted by molar-refractivity contribution is 5.71. The van der Waals surface area contributed by atoms with Crippen molar-refractivity contribution in [3.05, 3.63) is 72.9 Å². The van der Waals surface area contributed by atoms with Crippen LogP contribution in [0.1, 0.15) is 284 Å². The van der Waals surface area contributed by atoms with E-state index in [4.69, 9.17) is 14.2 Å². The van der Waals surface area contributed by atoms with Crippen molar-refractivity contribution >= 4 is 17.9 Å². The number of hydrogen-bond donors (Lipinski definition) is 0. The molecule has 0 aromatic carbocycles. The quantitative estimate of drug-likeness (QED) is 0.0262. The monoisotopic (exact) mass is 949 g/mol. The molecule has 0 bridgehead atoms. The molecule has 0 aliphatic carbocycles. The molecule has 0 radical (unpaired) electrons. The Morgan fingerprint density at radius 3 is 0.897 bits per heavy atom. The average molecular weight is 950 g/mol. The summed E-state index contributed by atoms with van der Waals surface area (Å²) in [4.78, 5) is 38.1. The van der Waals surface area contributed by atoms with Gasteiger partial charge in [0.15, 0.2) is 6.10 Å². The molecule has 0 unspecified atom stereocenters. The van der Waals surface area contributed by atoms with E-state index in [0.717, 1.165) is 77.0 Å². The maximum Gasteiger partial charge on any atom is 0.306 e. The highest BCUT2D eigenvalue weighted by Crippen LogP contribution is 2.16. The smallest absolute Gasteiger partial charge is 0.306 e. The molecule has 392 valence electrons. The van der Waals surface area contributed by atoms with Crippen molar-refractivity contribution in [3.63, 3.8) is 0 Å². The third-order valence-electron chi connectivity index (χ3n) is 12.5. The van der Waals surface area contributed by atoms with Crippen molar-refractivity contribution in [2.24, 2.45) is 0 Å². The lowest BCUT2D eigenvalue weighted by Gasteiger charge is -2.18. The molecule has 6 heteroatoms. The lowest BCUT2D eigenvalue weighted by Crippen LogP contribution is -2.30. The van der Waals surface area contributed by atoms with Gasteiger partial charge in [0.05, 0.1) is 0 Å². The molecule has 0 aromatic heterocycles. The van der Waals surface area contributed by atoms with E-state index in [1.807, 2.05) is 6.08 Å². The number of hydrogen-bond acceptors (Lipinski definition) is 6. The Labute approximate surface area is 421 Å². The van der Waals surface area contributed by atoms with Crippen LogP contribution < -0.4 is 0 Å². The second-order valence-electron chi connectivity index (χ2n) is 19.2. The van der Waals surface area contributed by atoms with Gasteiger partial charge in [-0.25, -0.2) is 0 Å². The molecule has 0 fully saturated rings. The highest BCUT2D eigenvalue weighted by atomic mass is 16.6. The van der Waals surface area contributed by atoms with Crippen molar-refractivity contribution in [1.82, 2.24) is 0 Å². The molecule has 0 saturated carbocycles. The topological polar surface area (TPSA) is 78.9 Å². The lowest BCUT2D eigenvalue weighted by atomic mass is 10.0. The number of allylic oxidation sites excluding steroid dienone is 12. The van der Waals surface area contributed by atoms with E-state index >= 15 is 0 Å². The Balaban J connectivity index is 4.45. The van der Waals surface area contributed by atoms with Gasteiger partial charge in [-0.1, -0.05) is 280 Å². The van der Waals surface area contributed by atoms with E-state index in [1.54, 1.807) is 0 Å². The van der Waals surface area contributed by atoms with Crippen molar-refractivity contribution in [2.75, 3.05) is 13.2 Å². The van der Waals surface area contributed by atoms with Gasteiger partial charge >= 0.3 is 17.9 Å². The molecular formula is C62H108O6. The first kappa shape index (κ1) is 64.8. The summed E-state index contributed by atoms with van der Waals surface area (Å²) in [6.45, 7) is 6.49. The third kappa shape index (κ3) is 53.8. The van der Waals surface area contributed by atoms with Crippen LogP contribution in [-0.2, 0) is 28.6 Å². The van der Waals surface area contributed by atoms with Crippen LogP contribution in [0.3, 0.4) is 0 Å². The SMILES string of the molecule is CC/C=C/C/C=C/C/C=C/C/C=C/C/C=C/C/C=C/CCC(=O)OC[C@@H](COC(=O)CCCCCCCCCCCCCCC)OC(=O)CCCCCCCCCCCCCCCCCCCC. The van der Waals surface area contributed by atoms with Gasteiger partial charge in [-0.3, -0.25) is 14.4 Å². The Morgan fingerprint density at radius 1 is 0.309 bits per heavy atom. The van der Waals surface area contributed by atoms with Gasteiger partial charge in [0.2, 0.25) is 0 Å². The van der Waals surface area contributed by atoms with E-state index in [2.05, 4.69) is 87.6 Å². The molecule has 6 nitrogen and oxygen atoms in total. The first-order valence-electron chi connectivity index (χ1n) is 28.9. The van der Waals surface area contributed by atoms with E-state index in [1.165, 1.54) is 161 Å². The van der Waals surface area contributed by atoms with Gasteiger partial charge in [-0.2, -0.15) is 0 Å². The summed E-state index contributed by atoms with van der Waals surface area (Å²) in [5.74, 6) is -0.970. The minimum atomic E-state index is -0.802. The zero-order valence-corrected chi connectivity index (χ0v) is 44.9. The molecule has 0 saturated heterocycles. The van der Waals surface area contributed by atoms with Crippen molar-refractivity contribution < 1.29 is 28.6 Å². The van der Waals surface area contributed by atoms with Crippen molar-refractivity contribution in [3.8, 4) is 0 Å². The molecule has 0 N–H and O–H groups in total. The number of unbranched alkanes of at least 4 members (excludes halogenated alkanes) is 29. The van der Waals surface area contributed by atoms with E-state index < -0.39 is 6.10 Å². The zero-order valence-electron chi connectivity index (χ0n) is 44.9. The Morgan fingerprint density at radius 2 is 0.574 bits per heavy atom. The van der Waals surface area contributed by atoms with Gasteiger partial charge < -0.3 is 14.2 Å². The molecule has 0 aliphatic rings. The maximum absolute atomic E-state index is 12.9. The first-order valence-corrected chi connectivity index (χ1v) is 28.9. The predicted octanol–water partition coefficient (Wildman–Crippen LogP) is 19.4. The number of rotatable bonds is 52. The minimum Gasteiger partial charge on any atom is -0.462 e. The molecule has 68 heavy (non-hydrogen) atoms. The van der Waals surface area contributed by atoms with Crippen molar-refractivity contribution in [2.45, 2.75) is 290 Å². The summed E-state index contributed by atoms with van der Waals surface area (Å²) in [5.41, 5.74) is 0. The van der Waals surface area contributed by atoms with Gasteiger partial charge in [0.25, 0.3) is 0 Å². The van der Waals surface area contributed by atoms with Crippen LogP contribution in [0.25, 0.3) is 0 Å². The molecule has 0 spiro atoms. The number of ether oxygens (including phenoxy) is 3. The van der Waals surface area contributed by atoms with E-state index in [-0.39, 0.29) is 37.5 Å². The van der Waals surface area contributed by atoms with Gasteiger partial charge in [0.1, 0.15) is 13.2 Å². The molecule has 0 rings (SSSR count). The van der Waals surface area contributed by atoms with Crippen LogP contribution in [0, 0.1) is 0 Å². The molecular weight excluding hydrogens is 841 g/mol.